The van der Waals surface area contributed by atoms with Crippen molar-refractivity contribution in [2.24, 2.45) is 9.98 Å². The zero-order valence-electron chi connectivity index (χ0n) is 24.3. The molecule has 0 saturated heterocycles. The SMILES string of the molecule is O=C1N=C(c2ccccc2)N=C(SC(NC(=O)c2ccccc2)=C(Cl)Cl)C1=P(c1ccccc1)(c1ccccc1)c1ccccc1. The van der Waals surface area contributed by atoms with Gasteiger partial charge in [-0.25, -0.2) is 4.99 Å². The molecule has 6 rings (SSSR count). The van der Waals surface area contributed by atoms with Crippen LogP contribution in [0.5, 0.6) is 0 Å². The maximum Gasteiger partial charge on any atom is 0.282 e. The van der Waals surface area contributed by atoms with Gasteiger partial charge in [0.15, 0.2) is 5.84 Å². The van der Waals surface area contributed by atoms with Gasteiger partial charge in [0.25, 0.3) is 11.8 Å². The Bertz CT molecular complexity index is 1930. The molecule has 9 heteroatoms. The van der Waals surface area contributed by atoms with Crippen molar-refractivity contribution >= 4 is 85.8 Å². The summed E-state index contributed by atoms with van der Waals surface area (Å²) in [7, 11) is 0. The fourth-order valence-electron chi connectivity index (χ4n) is 5.25. The van der Waals surface area contributed by atoms with E-state index >= 15 is 0 Å². The monoisotopic (exact) mass is 677 g/mol. The van der Waals surface area contributed by atoms with Gasteiger partial charge in [-0.3, -0.25) is 9.59 Å². The van der Waals surface area contributed by atoms with Crippen molar-refractivity contribution in [3.05, 3.63) is 172 Å². The molecule has 0 radical (unpaired) electrons. The highest BCUT2D eigenvalue weighted by molar-refractivity contribution is 8.21. The standard InChI is InChI=1S/C37H26Cl2N3O2PS/c38-32(39)37(42-34(43)27-18-8-2-9-19-27)46-36-31(35(44)40-33(41-36)26-16-6-1-7-17-26)45(28-20-10-3-11-21-28,29-22-12-4-13-23-29)30-24-14-5-15-25-30/h1-25H,(H,42,43). The van der Waals surface area contributed by atoms with Gasteiger partial charge < -0.3 is 5.32 Å². The lowest BCUT2D eigenvalue weighted by atomic mass is 10.2. The second kappa shape index (κ2) is 14.3. The molecule has 0 aromatic heterocycles. The molecule has 1 heterocycles. The molecule has 2 amide bonds. The first-order chi connectivity index (χ1) is 22.5. The summed E-state index contributed by atoms with van der Waals surface area (Å²) in [6.45, 7) is -2.95. The number of aliphatic imine (C=N–C) groups is 2. The topological polar surface area (TPSA) is 70.9 Å². The largest absolute Gasteiger partial charge is 0.314 e. The van der Waals surface area contributed by atoms with Crippen LogP contribution < -0.4 is 21.2 Å². The Balaban J connectivity index is 1.66. The average molecular weight is 679 g/mol. The molecular formula is C37H26Cl2N3O2PS. The van der Waals surface area contributed by atoms with Crippen molar-refractivity contribution in [2.45, 2.75) is 0 Å². The fraction of sp³-hybridized carbons (Fsp3) is 0. The van der Waals surface area contributed by atoms with Crippen LogP contribution in [0.15, 0.2) is 171 Å². The van der Waals surface area contributed by atoms with Crippen molar-refractivity contribution in [1.29, 1.82) is 0 Å². The summed E-state index contributed by atoms with van der Waals surface area (Å²) in [5.74, 6) is -0.581. The lowest BCUT2D eigenvalue weighted by Gasteiger charge is -2.33. The van der Waals surface area contributed by atoms with E-state index in [1.54, 1.807) is 24.3 Å². The predicted octanol–water partition coefficient (Wildman–Crippen LogP) is 7.31. The van der Waals surface area contributed by atoms with E-state index in [-0.39, 0.29) is 15.4 Å². The van der Waals surface area contributed by atoms with Crippen LogP contribution in [0.25, 0.3) is 0 Å². The lowest BCUT2D eigenvalue weighted by Crippen LogP contribution is -2.39. The van der Waals surface area contributed by atoms with E-state index in [1.807, 2.05) is 127 Å². The predicted molar refractivity (Wildman–Crippen MR) is 196 cm³/mol. The molecule has 0 aliphatic carbocycles. The second-order valence-corrected chi connectivity index (χ2v) is 15.3. The molecule has 5 nitrogen and oxygen atoms in total. The fourth-order valence-corrected chi connectivity index (χ4v) is 11.1. The van der Waals surface area contributed by atoms with Gasteiger partial charge >= 0.3 is 0 Å². The van der Waals surface area contributed by atoms with Gasteiger partial charge in [0.2, 0.25) is 0 Å². The summed E-state index contributed by atoms with van der Waals surface area (Å²) in [5.41, 5.74) is 1.10. The lowest BCUT2D eigenvalue weighted by molar-refractivity contribution is -0.111. The summed E-state index contributed by atoms with van der Waals surface area (Å²) in [5, 5.41) is 6.56. The van der Waals surface area contributed by atoms with Crippen LogP contribution in [0.1, 0.15) is 15.9 Å². The van der Waals surface area contributed by atoms with Crippen LogP contribution in [0, 0.1) is 0 Å². The molecular weight excluding hydrogens is 652 g/mol. The number of nitrogens with zero attached hydrogens (tertiary/aromatic N) is 2. The van der Waals surface area contributed by atoms with Crippen molar-refractivity contribution in [3.63, 3.8) is 0 Å². The molecule has 226 valence electrons. The van der Waals surface area contributed by atoms with E-state index in [0.717, 1.165) is 27.7 Å². The number of carbonyl (C=O) groups excluding carboxylic acids is 2. The number of rotatable bonds is 7. The maximum atomic E-state index is 14.7. The molecule has 0 fully saturated rings. The number of amides is 2. The molecule has 0 spiro atoms. The van der Waals surface area contributed by atoms with E-state index in [2.05, 4.69) is 10.3 Å². The smallest absolute Gasteiger partial charge is 0.282 e. The molecule has 46 heavy (non-hydrogen) atoms. The molecule has 1 aliphatic rings. The molecule has 0 atom stereocenters. The van der Waals surface area contributed by atoms with Crippen LogP contribution in [0.3, 0.4) is 0 Å². The first-order valence-corrected chi connectivity index (χ1v) is 17.6. The molecule has 0 bridgehead atoms. The molecule has 1 N–H and O–H groups in total. The first kappa shape index (κ1) is 31.5. The third-order valence-electron chi connectivity index (χ3n) is 7.25. The van der Waals surface area contributed by atoms with Crippen molar-refractivity contribution in [3.8, 4) is 0 Å². The maximum absolute atomic E-state index is 14.7. The Morgan fingerprint density at radius 2 is 1.04 bits per heavy atom. The third kappa shape index (κ3) is 6.44. The minimum atomic E-state index is -2.95. The van der Waals surface area contributed by atoms with Crippen LogP contribution in [0.4, 0.5) is 0 Å². The summed E-state index contributed by atoms with van der Waals surface area (Å²) >= 11 is 13.9. The van der Waals surface area contributed by atoms with Gasteiger partial charge in [0.1, 0.15) is 14.6 Å². The van der Waals surface area contributed by atoms with Gasteiger partial charge in [-0.15, -0.1) is 0 Å². The van der Waals surface area contributed by atoms with E-state index in [4.69, 9.17) is 28.2 Å². The highest BCUT2D eigenvalue weighted by Crippen LogP contribution is 2.48. The van der Waals surface area contributed by atoms with E-state index < -0.39 is 18.7 Å². The highest BCUT2D eigenvalue weighted by atomic mass is 35.5. The Labute approximate surface area is 281 Å². The van der Waals surface area contributed by atoms with Crippen LogP contribution in [-0.4, -0.2) is 28.0 Å². The summed E-state index contributed by atoms with van der Waals surface area (Å²) in [6, 6.07) is 47.9. The number of amidine groups is 1. The number of thioether (sulfide) groups is 1. The Kier molecular flexibility index (Phi) is 9.82. The van der Waals surface area contributed by atoms with Crippen LogP contribution in [0.2, 0.25) is 0 Å². The van der Waals surface area contributed by atoms with Gasteiger partial charge in [-0.05, 0) is 46.7 Å². The number of halogens is 2. The number of hydrogen-bond donors (Lipinski definition) is 1. The van der Waals surface area contributed by atoms with Crippen molar-refractivity contribution < 1.29 is 9.59 Å². The molecule has 5 aromatic rings. The molecule has 0 unspecified atom stereocenters. The van der Waals surface area contributed by atoms with Gasteiger partial charge in [-0.1, -0.05) is 163 Å². The Morgan fingerprint density at radius 3 is 1.50 bits per heavy atom. The minimum Gasteiger partial charge on any atom is -0.314 e. The van der Waals surface area contributed by atoms with Crippen molar-refractivity contribution in [1.82, 2.24) is 5.32 Å². The zero-order valence-corrected chi connectivity index (χ0v) is 27.5. The quantitative estimate of drug-likeness (QED) is 0.184. The normalized spacial score (nSPS) is 13.0. The highest BCUT2D eigenvalue weighted by Gasteiger charge is 2.38. The second-order valence-electron chi connectivity index (χ2n) is 10.1. The van der Waals surface area contributed by atoms with Gasteiger partial charge in [-0.2, -0.15) is 4.99 Å². The Morgan fingerprint density at radius 1 is 0.609 bits per heavy atom. The first-order valence-electron chi connectivity index (χ1n) is 14.3. The van der Waals surface area contributed by atoms with Gasteiger partial charge in [0.05, 0.1) is 5.29 Å². The number of nitrogens with one attached hydrogen (secondary N) is 1. The third-order valence-corrected chi connectivity index (χ3v) is 13.3. The number of carbonyl (C=O) groups is 2. The molecule has 0 saturated carbocycles. The van der Waals surface area contributed by atoms with E-state index in [1.165, 1.54) is 0 Å². The van der Waals surface area contributed by atoms with Gasteiger partial charge in [0, 0.05) is 11.1 Å². The van der Waals surface area contributed by atoms with Crippen molar-refractivity contribution in [2.75, 3.05) is 0 Å². The summed E-state index contributed by atoms with van der Waals surface area (Å²) < 4.78 is -0.171. The number of hydrogen-bond acceptors (Lipinski definition) is 4. The summed E-state index contributed by atoms with van der Waals surface area (Å²) in [4.78, 5) is 37.6. The Hall–Kier alpha value is -4.45. The number of benzene rings is 5. The van der Waals surface area contributed by atoms with Crippen LogP contribution >= 0.6 is 41.8 Å². The molecule has 5 aromatic carbocycles. The molecule has 1 aliphatic heterocycles. The zero-order chi connectivity index (χ0) is 31.9. The van der Waals surface area contributed by atoms with E-state index in [0.29, 0.717) is 21.5 Å². The summed E-state index contributed by atoms with van der Waals surface area (Å²) in [6.07, 6.45) is 0. The average Bonchev–Trinajstić information content (AvgIpc) is 3.11. The van der Waals surface area contributed by atoms with E-state index in [9.17, 15) is 9.59 Å². The van der Waals surface area contributed by atoms with Crippen LogP contribution in [-0.2, 0) is 4.79 Å². The minimum absolute atomic E-state index is 0.142.